The summed E-state index contributed by atoms with van der Waals surface area (Å²) in [5.41, 5.74) is 6.76. The summed E-state index contributed by atoms with van der Waals surface area (Å²) >= 11 is 0. The maximum absolute atomic E-state index is 12.6. The lowest BCUT2D eigenvalue weighted by atomic mass is 9.97. The molecule has 5 heteroatoms. The number of benzene rings is 3. The number of anilines is 1. The number of ether oxygens (including phenoxy) is 1. The van der Waals surface area contributed by atoms with Crippen LogP contribution in [0.5, 0.6) is 0 Å². The van der Waals surface area contributed by atoms with Crippen molar-refractivity contribution in [2.45, 2.75) is 25.3 Å². The number of likely N-dealkylation sites (tertiary alicyclic amines) is 1. The molecule has 1 fully saturated rings. The fourth-order valence-electron chi connectivity index (χ4n) is 5.09. The maximum Gasteiger partial charge on any atom is 0.411 e. The molecule has 33 heavy (non-hydrogen) atoms. The number of hydrogen-bond donors (Lipinski definition) is 2. The molecule has 0 spiro atoms. The van der Waals surface area contributed by atoms with Crippen molar-refractivity contribution in [3.8, 4) is 11.1 Å². The average molecular weight is 443 g/mol. The van der Waals surface area contributed by atoms with Gasteiger partial charge in [0.1, 0.15) is 6.61 Å². The molecule has 2 N–H and O–H groups in total. The lowest BCUT2D eigenvalue weighted by Crippen LogP contribution is -2.34. The Morgan fingerprint density at radius 1 is 0.939 bits per heavy atom. The number of amides is 1. The summed E-state index contributed by atoms with van der Waals surface area (Å²) in [7, 11) is 0. The molecule has 0 aromatic heterocycles. The number of carbonyl (C=O) groups is 1. The summed E-state index contributed by atoms with van der Waals surface area (Å²) < 4.78 is 5.67. The van der Waals surface area contributed by atoms with Crippen molar-refractivity contribution in [3.63, 3.8) is 0 Å². The van der Waals surface area contributed by atoms with E-state index in [1.165, 1.54) is 22.3 Å². The Bertz CT molecular complexity index is 1080. The third-order valence-corrected chi connectivity index (χ3v) is 6.89. The first-order valence-corrected chi connectivity index (χ1v) is 11.8. The summed E-state index contributed by atoms with van der Waals surface area (Å²) in [6, 6.07) is 24.6. The molecule has 3 aromatic rings. The number of nitrogens with one attached hydrogen (secondary N) is 1. The molecular formula is C28H30N2O3. The second-order valence-electron chi connectivity index (χ2n) is 9.05. The number of hydrogen-bond acceptors (Lipinski definition) is 4. The molecule has 5 rings (SSSR count). The quantitative estimate of drug-likeness (QED) is 0.547. The van der Waals surface area contributed by atoms with Crippen LogP contribution in [0.1, 0.15) is 35.4 Å². The van der Waals surface area contributed by atoms with Gasteiger partial charge in [-0.15, -0.1) is 0 Å². The zero-order valence-electron chi connectivity index (χ0n) is 18.7. The minimum Gasteiger partial charge on any atom is -0.448 e. The van der Waals surface area contributed by atoms with Crippen LogP contribution in [-0.4, -0.2) is 42.4 Å². The minimum absolute atomic E-state index is 0.0522. The van der Waals surface area contributed by atoms with Gasteiger partial charge in [0, 0.05) is 24.8 Å². The van der Waals surface area contributed by atoms with E-state index in [9.17, 15) is 9.90 Å². The molecule has 1 heterocycles. The molecule has 5 nitrogen and oxygen atoms in total. The van der Waals surface area contributed by atoms with Crippen molar-refractivity contribution in [1.29, 1.82) is 0 Å². The maximum atomic E-state index is 12.6. The summed E-state index contributed by atoms with van der Waals surface area (Å²) in [4.78, 5) is 15.0. The summed E-state index contributed by atoms with van der Waals surface area (Å²) in [6.45, 7) is 3.43. The fraction of sp³-hybridized carbons (Fsp3) is 0.321. The Kier molecular flexibility index (Phi) is 6.42. The molecule has 3 aromatic carbocycles. The van der Waals surface area contributed by atoms with Crippen molar-refractivity contribution in [1.82, 2.24) is 4.90 Å². The number of nitrogens with zero attached hydrogens (tertiary/aromatic N) is 1. The van der Waals surface area contributed by atoms with E-state index >= 15 is 0 Å². The van der Waals surface area contributed by atoms with Crippen LogP contribution in [0.4, 0.5) is 10.5 Å². The number of rotatable bonds is 6. The lowest BCUT2D eigenvalue weighted by Gasteiger charge is -2.31. The molecule has 2 aliphatic rings. The van der Waals surface area contributed by atoms with E-state index in [2.05, 4.69) is 40.5 Å². The second kappa shape index (κ2) is 9.77. The minimum atomic E-state index is -0.433. The first-order valence-electron chi connectivity index (χ1n) is 11.8. The molecule has 1 saturated heterocycles. The zero-order chi connectivity index (χ0) is 22.6. The van der Waals surface area contributed by atoms with E-state index in [-0.39, 0.29) is 12.5 Å². The molecule has 0 bridgehead atoms. The molecule has 170 valence electrons. The van der Waals surface area contributed by atoms with Crippen LogP contribution in [0.25, 0.3) is 11.1 Å². The predicted octanol–water partition coefficient (Wildman–Crippen LogP) is 5.25. The lowest BCUT2D eigenvalue weighted by molar-refractivity contribution is 0.127. The van der Waals surface area contributed by atoms with Gasteiger partial charge in [0.25, 0.3) is 0 Å². The van der Waals surface area contributed by atoms with Gasteiger partial charge in [0.2, 0.25) is 0 Å². The number of aliphatic hydroxyl groups excluding tert-OH is 1. The third-order valence-electron chi connectivity index (χ3n) is 6.89. The van der Waals surface area contributed by atoms with Crippen LogP contribution in [-0.2, 0) is 11.3 Å². The number of fused-ring (bicyclic) bond motifs is 3. The smallest absolute Gasteiger partial charge is 0.411 e. The summed E-state index contributed by atoms with van der Waals surface area (Å²) in [5, 5.41) is 12.2. The summed E-state index contributed by atoms with van der Waals surface area (Å²) in [6.07, 6.45) is 1.64. The molecule has 1 aliphatic heterocycles. The Hall–Kier alpha value is -3.15. The summed E-state index contributed by atoms with van der Waals surface area (Å²) in [5.74, 6) is 0.485. The third kappa shape index (κ3) is 4.80. The van der Waals surface area contributed by atoms with Gasteiger partial charge in [-0.05, 0) is 71.8 Å². The Balaban J connectivity index is 1.19. The standard InChI is InChI=1S/C28H30N2O3/c31-18-20-12-14-30(15-13-20)17-21-6-5-7-22(16-21)29-28(32)33-19-27-25-10-3-1-8-23(25)24-9-2-4-11-26(24)27/h1-11,16,20,27,31H,12-15,17-19H2,(H,29,32). The van der Waals surface area contributed by atoms with E-state index in [1.807, 2.05) is 42.5 Å². The Morgan fingerprint density at radius 3 is 2.27 bits per heavy atom. The van der Waals surface area contributed by atoms with Crippen molar-refractivity contribution in [2.24, 2.45) is 5.92 Å². The fourth-order valence-corrected chi connectivity index (χ4v) is 5.09. The van der Waals surface area contributed by atoms with Gasteiger partial charge in [0.05, 0.1) is 0 Å². The van der Waals surface area contributed by atoms with Crippen molar-refractivity contribution < 1.29 is 14.6 Å². The molecular weight excluding hydrogens is 412 g/mol. The Morgan fingerprint density at radius 2 is 1.61 bits per heavy atom. The highest BCUT2D eigenvalue weighted by atomic mass is 16.5. The predicted molar refractivity (Wildman–Crippen MR) is 130 cm³/mol. The van der Waals surface area contributed by atoms with Crippen LogP contribution < -0.4 is 5.32 Å². The van der Waals surface area contributed by atoms with E-state index < -0.39 is 6.09 Å². The van der Waals surface area contributed by atoms with Gasteiger partial charge >= 0.3 is 6.09 Å². The molecule has 1 aliphatic carbocycles. The average Bonchev–Trinajstić information content (AvgIpc) is 3.17. The van der Waals surface area contributed by atoms with Gasteiger partial charge in [0.15, 0.2) is 0 Å². The molecule has 0 unspecified atom stereocenters. The molecule has 0 atom stereocenters. The highest BCUT2D eigenvalue weighted by molar-refractivity contribution is 5.85. The normalized spacial score (nSPS) is 16.3. The van der Waals surface area contributed by atoms with Gasteiger partial charge in [-0.3, -0.25) is 10.2 Å². The first-order chi connectivity index (χ1) is 16.2. The zero-order valence-corrected chi connectivity index (χ0v) is 18.7. The highest BCUT2D eigenvalue weighted by Gasteiger charge is 2.29. The van der Waals surface area contributed by atoms with Crippen LogP contribution in [0.3, 0.4) is 0 Å². The van der Waals surface area contributed by atoms with Crippen LogP contribution in [0.2, 0.25) is 0 Å². The van der Waals surface area contributed by atoms with Crippen LogP contribution in [0, 0.1) is 5.92 Å². The topological polar surface area (TPSA) is 61.8 Å². The van der Waals surface area contributed by atoms with Crippen molar-refractivity contribution in [3.05, 3.63) is 89.5 Å². The monoisotopic (exact) mass is 442 g/mol. The highest BCUT2D eigenvalue weighted by Crippen LogP contribution is 2.44. The largest absolute Gasteiger partial charge is 0.448 e. The van der Waals surface area contributed by atoms with E-state index in [1.54, 1.807) is 0 Å². The number of carbonyl (C=O) groups excluding carboxylic acids is 1. The van der Waals surface area contributed by atoms with E-state index in [0.717, 1.165) is 43.7 Å². The number of aliphatic hydroxyl groups is 1. The van der Waals surface area contributed by atoms with E-state index in [4.69, 9.17) is 4.74 Å². The van der Waals surface area contributed by atoms with Gasteiger partial charge < -0.3 is 9.84 Å². The Labute approximate surface area is 195 Å². The van der Waals surface area contributed by atoms with Gasteiger partial charge in [-0.2, -0.15) is 0 Å². The van der Waals surface area contributed by atoms with Gasteiger partial charge in [-0.1, -0.05) is 60.7 Å². The first kappa shape index (κ1) is 21.7. The second-order valence-corrected chi connectivity index (χ2v) is 9.05. The van der Waals surface area contributed by atoms with E-state index in [0.29, 0.717) is 12.5 Å². The molecule has 1 amide bonds. The number of piperidine rings is 1. The molecule has 0 radical (unpaired) electrons. The van der Waals surface area contributed by atoms with Crippen molar-refractivity contribution in [2.75, 3.05) is 31.6 Å². The van der Waals surface area contributed by atoms with Gasteiger partial charge in [-0.25, -0.2) is 4.79 Å². The molecule has 0 saturated carbocycles. The SMILES string of the molecule is O=C(Nc1cccc(CN2CCC(CO)CC2)c1)OCC1c2ccccc2-c2ccccc21. The van der Waals surface area contributed by atoms with Crippen molar-refractivity contribution >= 4 is 11.8 Å². The van der Waals surface area contributed by atoms with Crippen LogP contribution >= 0.6 is 0 Å². The van der Waals surface area contributed by atoms with Crippen LogP contribution in [0.15, 0.2) is 72.8 Å².